The number of amides is 2. The minimum atomic E-state index is -4.81. The normalized spacial score (nSPS) is 14.8. The number of anilines is 2. The van der Waals surface area contributed by atoms with E-state index in [0.29, 0.717) is 17.6 Å². The van der Waals surface area contributed by atoms with Gasteiger partial charge >= 0.3 is 12.4 Å². The molecule has 2 amide bonds. The summed E-state index contributed by atoms with van der Waals surface area (Å²) < 4.78 is 113. The summed E-state index contributed by atoms with van der Waals surface area (Å²) in [5.74, 6) is -2.86. The lowest BCUT2D eigenvalue weighted by molar-refractivity contribution is -0.139. The molecule has 8 nitrogen and oxygen atoms in total. The van der Waals surface area contributed by atoms with Gasteiger partial charge in [0, 0.05) is 16.0 Å². The highest BCUT2D eigenvalue weighted by atomic mass is 35.5. The Morgan fingerprint density at radius 3 is 1.68 bits per heavy atom. The van der Waals surface area contributed by atoms with Crippen molar-refractivity contribution in [2.24, 2.45) is 0 Å². The number of carbonyl (C=O) groups is 2. The monoisotopic (exact) mass is 778 g/mol. The van der Waals surface area contributed by atoms with Crippen LogP contribution in [0.2, 0.25) is 10.0 Å². The number of sulfone groups is 1. The highest BCUT2D eigenvalue weighted by molar-refractivity contribution is 8.00. The van der Waals surface area contributed by atoms with Gasteiger partial charge in [-0.15, -0.1) is 11.8 Å². The smallest absolute Gasteiger partial charge is 0.420 e. The Bertz CT molecular complexity index is 2110. The van der Waals surface area contributed by atoms with Crippen LogP contribution < -0.4 is 19.3 Å². The van der Waals surface area contributed by atoms with Crippen molar-refractivity contribution < 1.29 is 53.8 Å². The van der Waals surface area contributed by atoms with Gasteiger partial charge in [0.25, 0.3) is 11.8 Å². The molecular weight excluding hydrogens is 757 g/mol. The first-order chi connectivity index (χ1) is 23.4. The van der Waals surface area contributed by atoms with E-state index in [1.807, 2.05) is 12.1 Å². The van der Waals surface area contributed by atoms with E-state index < -0.39 is 73.1 Å². The second-order valence-corrected chi connectivity index (χ2v) is 14.2. The first-order valence-corrected chi connectivity index (χ1v) is 17.3. The predicted molar refractivity (Wildman–Crippen MR) is 175 cm³/mol. The summed E-state index contributed by atoms with van der Waals surface area (Å²) >= 11 is 13.2. The Morgan fingerprint density at radius 1 is 0.720 bits per heavy atom. The first-order valence-electron chi connectivity index (χ1n) is 14.0. The summed E-state index contributed by atoms with van der Waals surface area (Å²) in [6.07, 6.45) is -9.48. The standard InChI is InChI=1S/C16H11ClF3NO4S.C16H11ClF3NO2S/c1-25-14-10(16(18,19)20)6-9(7-11(14)17)15(22)21-8-26(23,24)13-5-3-2-4-12(13)21;1-23-14-10(16(18,19)20)6-9(7-11(14)17)15(22)21-8-24-13-5-3-2-4-12(13)21/h2-7H,8H2,1H3;2-7H,8H2,1H3. The van der Waals surface area contributed by atoms with Crippen LogP contribution in [-0.4, -0.2) is 46.2 Å². The lowest BCUT2D eigenvalue weighted by Gasteiger charge is -2.19. The second kappa shape index (κ2) is 13.9. The Morgan fingerprint density at radius 2 is 1.18 bits per heavy atom. The summed E-state index contributed by atoms with van der Waals surface area (Å²) in [7, 11) is -1.61. The van der Waals surface area contributed by atoms with E-state index in [4.69, 9.17) is 27.9 Å². The number of para-hydroxylation sites is 2. The molecule has 0 unspecified atom stereocenters. The van der Waals surface area contributed by atoms with Crippen LogP contribution in [0.4, 0.5) is 37.7 Å². The molecule has 0 atom stereocenters. The third-order valence-electron chi connectivity index (χ3n) is 7.39. The minimum absolute atomic E-state index is 0.0518. The molecule has 0 spiro atoms. The third-order valence-corrected chi connectivity index (χ3v) is 10.6. The number of hydrogen-bond donors (Lipinski definition) is 0. The minimum Gasteiger partial charge on any atom is -0.495 e. The number of halogens is 8. The molecule has 264 valence electrons. The van der Waals surface area contributed by atoms with Gasteiger partial charge in [0.05, 0.1) is 57.5 Å². The zero-order chi connectivity index (χ0) is 36.8. The summed E-state index contributed by atoms with van der Waals surface area (Å²) in [6.45, 7) is 0. The number of fused-ring (bicyclic) bond motifs is 2. The summed E-state index contributed by atoms with van der Waals surface area (Å²) in [4.78, 5) is 28.6. The molecule has 0 radical (unpaired) electrons. The fourth-order valence-corrected chi connectivity index (χ4v) is 8.31. The van der Waals surface area contributed by atoms with Gasteiger partial charge in [-0.25, -0.2) is 8.42 Å². The SMILES string of the molecule is COc1c(Cl)cc(C(=O)N2CS(=O)(=O)c3ccccc32)cc1C(F)(F)F.COc1c(Cl)cc(C(=O)N2CSc3ccccc32)cc1C(F)(F)F. The molecule has 0 aliphatic carbocycles. The maximum absolute atomic E-state index is 13.2. The average Bonchev–Trinajstić information content (AvgIpc) is 3.61. The highest BCUT2D eigenvalue weighted by Gasteiger charge is 2.40. The maximum Gasteiger partial charge on any atom is 0.420 e. The largest absolute Gasteiger partial charge is 0.495 e. The maximum atomic E-state index is 13.2. The lowest BCUT2D eigenvalue weighted by atomic mass is 10.1. The molecule has 6 rings (SSSR count). The van der Waals surface area contributed by atoms with Crippen molar-refractivity contribution in [2.45, 2.75) is 22.1 Å². The Kier molecular flexibility index (Phi) is 10.3. The van der Waals surface area contributed by atoms with Crippen molar-refractivity contribution in [2.75, 3.05) is 35.8 Å². The van der Waals surface area contributed by atoms with E-state index in [1.165, 1.54) is 47.0 Å². The number of benzene rings is 4. The number of ether oxygens (including phenoxy) is 2. The molecule has 0 bridgehead atoms. The van der Waals surface area contributed by atoms with E-state index in [-0.39, 0.29) is 21.2 Å². The molecule has 0 fully saturated rings. The second-order valence-electron chi connectivity index (χ2n) is 10.5. The quantitative estimate of drug-likeness (QED) is 0.191. The molecule has 4 aromatic rings. The summed E-state index contributed by atoms with van der Waals surface area (Å²) in [5.41, 5.74) is -2.03. The molecule has 2 heterocycles. The lowest BCUT2D eigenvalue weighted by Crippen LogP contribution is -2.30. The van der Waals surface area contributed by atoms with Crippen molar-refractivity contribution in [3.05, 3.63) is 105 Å². The van der Waals surface area contributed by atoms with Crippen LogP contribution >= 0.6 is 35.0 Å². The van der Waals surface area contributed by atoms with Gasteiger partial charge in [-0.3, -0.25) is 19.4 Å². The average molecular weight is 780 g/mol. The van der Waals surface area contributed by atoms with Gasteiger partial charge in [0.1, 0.15) is 17.4 Å². The van der Waals surface area contributed by atoms with Crippen LogP contribution in [0.5, 0.6) is 11.5 Å². The van der Waals surface area contributed by atoms with Crippen molar-refractivity contribution in [1.29, 1.82) is 0 Å². The van der Waals surface area contributed by atoms with Crippen molar-refractivity contribution in [1.82, 2.24) is 0 Å². The molecule has 50 heavy (non-hydrogen) atoms. The van der Waals surface area contributed by atoms with Crippen LogP contribution in [-0.2, 0) is 22.2 Å². The van der Waals surface area contributed by atoms with E-state index in [2.05, 4.69) is 4.74 Å². The van der Waals surface area contributed by atoms with E-state index >= 15 is 0 Å². The van der Waals surface area contributed by atoms with Crippen molar-refractivity contribution in [3.8, 4) is 11.5 Å². The number of thioether (sulfide) groups is 1. The molecular formula is C32H22Cl2F6N2O6S2. The van der Waals surface area contributed by atoms with Crippen LogP contribution in [0, 0.1) is 0 Å². The Hall–Kier alpha value is -4.12. The first kappa shape index (κ1) is 37.1. The molecule has 0 saturated heterocycles. The number of carbonyl (C=O) groups excluding carboxylic acids is 2. The Labute approximate surface area is 295 Å². The number of hydrogen-bond acceptors (Lipinski definition) is 7. The fourth-order valence-electron chi connectivity index (χ4n) is 5.18. The number of alkyl halides is 6. The molecule has 0 N–H and O–H groups in total. The molecule has 0 saturated carbocycles. The Balaban J connectivity index is 0.000000195. The van der Waals surface area contributed by atoms with Gasteiger partial charge in [-0.1, -0.05) is 47.5 Å². The van der Waals surface area contributed by atoms with Crippen LogP contribution in [0.15, 0.2) is 82.6 Å². The van der Waals surface area contributed by atoms with Crippen LogP contribution in [0.3, 0.4) is 0 Å². The van der Waals surface area contributed by atoms with Crippen LogP contribution in [0.1, 0.15) is 31.8 Å². The molecule has 0 aromatic heterocycles. The molecule has 18 heteroatoms. The predicted octanol–water partition coefficient (Wildman–Crippen LogP) is 8.84. The van der Waals surface area contributed by atoms with E-state index in [0.717, 1.165) is 36.1 Å². The summed E-state index contributed by atoms with van der Waals surface area (Å²) in [6, 6.07) is 16.6. The van der Waals surface area contributed by atoms with Gasteiger partial charge in [-0.05, 0) is 48.5 Å². The van der Waals surface area contributed by atoms with Crippen LogP contribution in [0.25, 0.3) is 0 Å². The van der Waals surface area contributed by atoms with E-state index in [9.17, 15) is 44.3 Å². The van der Waals surface area contributed by atoms with Gasteiger partial charge in [0.15, 0.2) is 9.84 Å². The summed E-state index contributed by atoms with van der Waals surface area (Å²) in [5, 5.41) is -0.656. The molecule has 2 aliphatic rings. The number of methoxy groups -OCH3 is 2. The zero-order valence-corrected chi connectivity index (χ0v) is 28.7. The number of rotatable bonds is 4. The fraction of sp³-hybridized carbons (Fsp3) is 0.188. The topological polar surface area (TPSA) is 93.2 Å². The zero-order valence-electron chi connectivity index (χ0n) is 25.5. The van der Waals surface area contributed by atoms with Gasteiger partial charge in [-0.2, -0.15) is 26.3 Å². The van der Waals surface area contributed by atoms with E-state index in [1.54, 1.807) is 12.1 Å². The molecule has 4 aromatic carbocycles. The van der Waals surface area contributed by atoms with Crippen molar-refractivity contribution >= 4 is 68.0 Å². The van der Waals surface area contributed by atoms with Gasteiger partial charge in [0.2, 0.25) is 0 Å². The highest BCUT2D eigenvalue weighted by Crippen LogP contribution is 2.44. The van der Waals surface area contributed by atoms with Crippen molar-refractivity contribution in [3.63, 3.8) is 0 Å². The molecule has 2 aliphatic heterocycles. The number of nitrogens with zero attached hydrogens (tertiary/aromatic N) is 2. The third kappa shape index (κ3) is 7.20. The van der Waals surface area contributed by atoms with Gasteiger partial charge < -0.3 is 9.47 Å².